The molecule has 2 rings (SSSR count). The van der Waals surface area contributed by atoms with Gasteiger partial charge in [-0.2, -0.15) is 0 Å². The normalized spacial score (nSPS) is 25.9. The number of aryl methyl sites for hydroxylation is 1. The molecule has 0 amide bonds. The molecular formula is C12H20N4O2. The van der Waals surface area contributed by atoms with Crippen molar-refractivity contribution in [1.82, 2.24) is 20.1 Å². The lowest BCUT2D eigenvalue weighted by Gasteiger charge is -2.29. The molecule has 1 aliphatic carbocycles. The van der Waals surface area contributed by atoms with Gasteiger partial charge in [0.25, 0.3) is 0 Å². The molecule has 3 atom stereocenters. The Bertz CT molecular complexity index is 418. The molecular weight excluding hydrogens is 232 g/mol. The molecule has 2 N–H and O–H groups in total. The van der Waals surface area contributed by atoms with Crippen LogP contribution in [-0.2, 0) is 11.8 Å². The van der Waals surface area contributed by atoms with Crippen LogP contribution in [0.3, 0.4) is 0 Å². The van der Waals surface area contributed by atoms with Gasteiger partial charge in [0, 0.05) is 13.1 Å². The Morgan fingerprint density at radius 1 is 1.61 bits per heavy atom. The fraction of sp³-hybridized carbons (Fsp3) is 0.750. The molecule has 0 radical (unpaired) electrons. The van der Waals surface area contributed by atoms with Crippen LogP contribution in [0, 0.1) is 5.92 Å². The Balaban J connectivity index is 1.93. The van der Waals surface area contributed by atoms with Crippen molar-refractivity contribution in [3.8, 4) is 0 Å². The predicted octanol–water partition coefficient (Wildman–Crippen LogP) is 1.11. The number of carboxylic acids is 1. The smallest absolute Gasteiger partial charge is 0.306 e. The summed E-state index contributed by atoms with van der Waals surface area (Å²) < 4.78 is 1.88. The highest BCUT2D eigenvalue weighted by atomic mass is 16.4. The minimum Gasteiger partial charge on any atom is -0.481 e. The van der Waals surface area contributed by atoms with Gasteiger partial charge in [-0.25, -0.2) is 0 Å². The van der Waals surface area contributed by atoms with Crippen LogP contribution in [0.25, 0.3) is 0 Å². The number of rotatable bonds is 4. The highest BCUT2D eigenvalue weighted by Gasteiger charge is 2.28. The number of hydrogen-bond acceptors (Lipinski definition) is 4. The van der Waals surface area contributed by atoms with E-state index in [9.17, 15) is 4.79 Å². The van der Waals surface area contributed by atoms with Crippen molar-refractivity contribution in [3.63, 3.8) is 0 Å². The Morgan fingerprint density at radius 3 is 3.00 bits per heavy atom. The largest absolute Gasteiger partial charge is 0.481 e. The minimum atomic E-state index is -0.673. The van der Waals surface area contributed by atoms with Gasteiger partial charge in [0.05, 0.1) is 12.0 Å². The van der Waals surface area contributed by atoms with Crippen molar-refractivity contribution >= 4 is 5.97 Å². The number of carbonyl (C=O) groups is 1. The molecule has 18 heavy (non-hydrogen) atoms. The molecule has 1 fully saturated rings. The van der Waals surface area contributed by atoms with Crippen LogP contribution in [0.15, 0.2) is 6.33 Å². The fourth-order valence-electron chi connectivity index (χ4n) is 2.68. The van der Waals surface area contributed by atoms with E-state index in [0.717, 1.165) is 25.1 Å². The second-order valence-electron chi connectivity index (χ2n) is 5.09. The quantitative estimate of drug-likeness (QED) is 0.839. The summed E-state index contributed by atoms with van der Waals surface area (Å²) in [4.78, 5) is 11.0. The third-order valence-electron chi connectivity index (χ3n) is 3.64. The zero-order chi connectivity index (χ0) is 13.1. The first-order valence-electron chi connectivity index (χ1n) is 6.40. The van der Waals surface area contributed by atoms with Crippen LogP contribution in [0.2, 0.25) is 0 Å². The van der Waals surface area contributed by atoms with Crippen LogP contribution < -0.4 is 5.32 Å². The van der Waals surface area contributed by atoms with Crippen molar-refractivity contribution in [2.75, 3.05) is 0 Å². The number of nitrogens with one attached hydrogen (secondary N) is 1. The molecule has 3 unspecified atom stereocenters. The van der Waals surface area contributed by atoms with Gasteiger partial charge < -0.3 is 15.0 Å². The second kappa shape index (κ2) is 5.48. The summed E-state index contributed by atoms with van der Waals surface area (Å²) in [5.41, 5.74) is 0. The zero-order valence-electron chi connectivity index (χ0n) is 10.8. The summed E-state index contributed by atoms with van der Waals surface area (Å²) in [5, 5.41) is 20.5. The predicted molar refractivity (Wildman–Crippen MR) is 65.9 cm³/mol. The van der Waals surface area contributed by atoms with E-state index in [1.54, 1.807) is 6.33 Å². The highest BCUT2D eigenvalue weighted by molar-refractivity contribution is 5.70. The standard InChI is InChI=1S/C12H20N4O2/c1-8(11-15-13-7-16(11)2)14-10-5-3-4-9(6-10)12(17)18/h7-10,14H,3-6H2,1-2H3,(H,17,18). The molecule has 0 saturated heterocycles. The van der Waals surface area contributed by atoms with Crippen LogP contribution >= 0.6 is 0 Å². The average Bonchev–Trinajstić information content (AvgIpc) is 2.76. The molecule has 0 aromatic carbocycles. The first-order valence-corrected chi connectivity index (χ1v) is 6.40. The van der Waals surface area contributed by atoms with Crippen LogP contribution in [-0.4, -0.2) is 31.9 Å². The molecule has 1 aromatic heterocycles. The van der Waals surface area contributed by atoms with E-state index in [4.69, 9.17) is 5.11 Å². The fourth-order valence-corrected chi connectivity index (χ4v) is 2.68. The number of carboxylic acid groups (broad SMARTS) is 1. The van der Waals surface area contributed by atoms with E-state index in [1.165, 1.54) is 0 Å². The zero-order valence-corrected chi connectivity index (χ0v) is 10.8. The van der Waals surface area contributed by atoms with Crippen molar-refractivity contribution in [1.29, 1.82) is 0 Å². The Hall–Kier alpha value is -1.43. The van der Waals surface area contributed by atoms with Gasteiger partial charge in [-0.15, -0.1) is 10.2 Å². The Kier molecular flexibility index (Phi) is 3.96. The maximum atomic E-state index is 11.0. The topological polar surface area (TPSA) is 80.0 Å². The van der Waals surface area contributed by atoms with Gasteiger partial charge >= 0.3 is 5.97 Å². The van der Waals surface area contributed by atoms with Gasteiger partial charge in [-0.1, -0.05) is 6.42 Å². The number of aromatic nitrogens is 3. The second-order valence-corrected chi connectivity index (χ2v) is 5.09. The molecule has 1 aliphatic rings. The van der Waals surface area contributed by atoms with Crippen molar-refractivity contribution in [3.05, 3.63) is 12.2 Å². The SMILES string of the molecule is CC(NC1CCCC(C(=O)O)C1)c1nncn1C. The third kappa shape index (κ3) is 2.87. The van der Waals surface area contributed by atoms with E-state index in [0.29, 0.717) is 6.42 Å². The summed E-state index contributed by atoms with van der Waals surface area (Å²) in [6, 6.07) is 0.349. The molecule has 0 bridgehead atoms. The maximum absolute atomic E-state index is 11.0. The monoisotopic (exact) mass is 252 g/mol. The number of hydrogen-bond donors (Lipinski definition) is 2. The highest BCUT2D eigenvalue weighted by Crippen LogP contribution is 2.26. The molecule has 6 nitrogen and oxygen atoms in total. The van der Waals surface area contributed by atoms with Crippen molar-refractivity contribution in [2.45, 2.75) is 44.7 Å². The number of aliphatic carboxylic acids is 1. The molecule has 1 saturated carbocycles. The lowest BCUT2D eigenvalue weighted by molar-refractivity contribution is -0.143. The van der Waals surface area contributed by atoms with E-state index < -0.39 is 5.97 Å². The third-order valence-corrected chi connectivity index (χ3v) is 3.64. The van der Waals surface area contributed by atoms with Crippen molar-refractivity contribution in [2.24, 2.45) is 13.0 Å². The summed E-state index contributed by atoms with van der Waals surface area (Å²) in [6.45, 7) is 2.04. The molecule has 0 spiro atoms. The summed E-state index contributed by atoms with van der Waals surface area (Å²) >= 11 is 0. The molecule has 0 aliphatic heterocycles. The lowest BCUT2D eigenvalue weighted by atomic mass is 9.85. The van der Waals surface area contributed by atoms with E-state index in [1.807, 2.05) is 18.5 Å². The molecule has 100 valence electrons. The summed E-state index contributed by atoms with van der Waals surface area (Å²) in [7, 11) is 1.91. The van der Waals surface area contributed by atoms with Gasteiger partial charge in [0.1, 0.15) is 12.2 Å². The Labute approximate surface area is 106 Å². The summed E-state index contributed by atoms with van der Waals surface area (Å²) in [5.74, 6) is 0.00297. The van der Waals surface area contributed by atoms with E-state index >= 15 is 0 Å². The Morgan fingerprint density at radius 2 is 2.39 bits per heavy atom. The first kappa shape index (κ1) is 13.0. The molecule has 1 heterocycles. The molecule has 6 heteroatoms. The van der Waals surface area contributed by atoms with Crippen LogP contribution in [0.1, 0.15) is 44.5 Å². The van der Waals surface area contributed by atoms with Gasteiger partial charge in [0.2, 0.25) is 0 Å². The van der Waals surface area contributed by atoms with Gasteiger partial charge in [-0.3, -0.25) is 4.79 Å². The lowest BCUT2D eigenvalue weighted by Crippen LogP contribution is -2.38. The minimum absolute atomic E-state index is 0.0926. The summed E-state index contributed by atoms with van der Waals surface area (Å²) in [6.07, 6.45) is 5.18. The average molecular weight is 252 g/mol. The van der Waals surface area contributed by atoms with Crippen LogP contribution in [0.5, 0.6) is 0 Å². The van der Waals surface area contributed by atoms with Crippen molar-refractivity contribution < 1.29 is 9.90 Å². The first-order chi connectivity index (χ1) is 8.58. The van der Waals surface area contributed by atoms with Gasteiger partial charge in [-0.05, 0) is 26.2 Å². The maximum Gasteiger partial charge on any atom is 0.306 e. The van der Waals surface area contributed by atoms with E-state index in [-0.39, 0.29) is 18.0 Å². The van der Waals surface area contributed by atoms with Crippen LogP contribution in [0.4, 0.5) is 0 Å². The number of nitrogens with zero attached hydrogens (tertiary/aromatic N) is 3. The van der Waals surface area contributed by atoms with Gasteiger partial charge in [0.15, 0.2) is 0 Å². The molecule has 1 aromatic rings. The van der Waals surface area contributed by atoms with E-state index in [2.05, 4.69) is 15.5 Å².